The zero-order valence-electron chi connectivity index (χ0n) is 11.5. The molecule has 2 aliphatic rings. The molecule has 0 aromatic carbocycles. The minimum absolute atomic E-state index is 0. The van der Waals surface area contributed by atoms with Crippen LogP contribution in [0.2, 0.25) is 0 Å². The second kappa shape index (κ2) is 6.73. The van der Waals surface area contributed by atoms with Crippen LogP contribution >= 0.6 is 12.4 Å². The molecule has 3 atom stereocenters. The number of nitrogens with one attached hydrogen (secondary N) is 1. The monoisotopic (exact) mass is 276 g/mol. The predicted octanol–water partition coefficient (Wildman–Crippen LogP) is 1.57. The molecule has 2 rings (SSSR count). The number of nitrogens with zero attached hydrogens (tertiary/aromatic N) is 1. The maximum atomic E-state index is 12.2. The Balaban J connectivity index is 0.00000162. The molecule has 4 nitrogen and oxygen atoms in total. The fraction of sp³-hybridized carbons (Fsp3) is 0.923. The van der Waals surface area contributed by atoms with E-state index >= 15 is 0 Å². The standard InChI is InChI=1S/C13H24N2O2.ClH/c1-4-12(17-3)13(16)15(2)11-7-9-5-6-10(8-11)14-9;/h9-12,14H,4-8H2,1-3H3;1H. The van der Waals surface area contributed by atoms with Crippen LogP contribution in [-0.2, 0) is 9.53 Å². The number of methoxy groups -OCH3 is 1. The molecule has 0 saturated carbocycles. The van der Waals surface area contributed by atoms with Crippen LogP contribution < -0.4 is 5.32 Å². The van der Waals surface area contributed by atoms with Crippen LogP contribution in [0.1, 0.15) is 39.0 Å². The molecule has 106 valence electrons. The molecular formula is C13H25ClN2O2. The zero-order valence-corrected chi connectivity index (χ0v) is 12.3. The van der Waals surface area contributed by atoms with Crippen molar-refractivity contribution >= 4 is 18.3 Å². The molecular weight excluding hydrogens is 252 g/mol. The molecule has 0 radical (unpaired) electrons. The molecule has 2 aliphatic heterocycles. The summed E-state index contributed by atoms with van der Waals surface area (Å²) in [5, 5.41) is 3.60. The molecule has 2 heterocycles. The highest BCUT2D eigenvalue weighted by atomic mass is 35.5. The number of rotatable bonds is 4. The molecule has 2 fully saturated rings. The van der Waals surface area contributed by atoms with Gasteiger partial charge in [-0.15, -0.1) is 12.4 Å². The lowest BCUT2D eigenvalue weighted by Gasteiger charge is -2.36. The molecule has 0 aromatic rings. The molecule has 3 unspecified atom stereocenters. The summed E-state index contributed by atoms with van der Waals surface area (Å²) in [5.74, 6) is 0.140. The van der Waals surface area contributed by atoms with E-state index in [-0.39, 0.29) is 24.4 Å². The van der Waals surface area contributed by atoms with Crippen LogP contribution in [0.5, 0.6) is 0 Å². The Bertz CT molecular complexity index is 272. The van der Waals surface area contributed by atoms with E-state index in [2.05, 4.69) is 5.32 Å². The fourth-order valence-corrected chi connectivity index (χ4v) is 3.19. The van der Waals surface area contributed by atoms with Gasteiger partial charge in [-0.2, -0.15) is 0 Å². The Morgan fingerprint density at radius 2 is 1.94 bits per heavy atom. The summed E-state index contributed by atoms with van der Waals surface area (Å²) in [6.45, 7) is 1.99. The number of piperidine rings is 1. The van der Waals surface area contributed by atoms with Crippen molar-refractivity contribution in [1.82, 2.24) is 10.2 Å². The van der Waals surface area contributed by atoms with Crippen LogP contribution in [0.4, 0.5) is 0 Å². The predicted molar refractivity (Wildman–Crippen MR) is 74.1 cm³/mol. The average molecular weight is 277 g/mol. The number of hydrogen-bond donors (Lipinski definition) is 1. The Hall–Kier alpha value is -0.320. The van der Waals surface area contributed by atoms with Gasteiger partial charge in [0.1, 0.15) is 6.10 Å². The van der Waals surface area contributed by atoms with E-state index in [0.29, 0.717) is 18.1 Å². The van der Waals surface area contributed by atoms with E-state index in [1.165, 1.54) is 12.8 Å². The molecule has 0 spiro atoms. The van der Waals surface area contributed by atoms with Crippen molar-refractivity contribution in [3.8, 4) is 0 Å². The quantitative estimate of drug-likeness (QED) is 0.848. The lowest BCUT2D eigenvalue weighted by Crippen LogP contribution is -2.51. The van der Waals surface area contributed by atoms with Crippen LogP contribution in [0, 0.1) is 0 Å². The number of hydrogen-bond acceptors (Lipinski definition) is 3. The molecule has 2 bridgehead atoms. The third-order valence-corrected chi connectivity index (χ3v) is 4.27. The van der Waals surface area contributed by atoms with Crippen LogP contribution in [0.25, 0.3) is 0 Å². The van der Waals surface area contributed by atoms with E-state index in [4.69, 9.17) is 4.74 Å². The minimum atomic E-state index is -0.271. The highest BCUT2D eigenvalue weighted by Gasteiger charge is 2.37. The largest absolute Gasteiger partial charge is 0.372 e. The Morgan fingerprint density at radius 3 is 2.39 bits per heavy atom. The summed E-state index contributed by atoms with van der Waals surface area (Å²) >= 11 is 0. The van der Waals surface area contributed by atoms with Gasteiger partial charge in [-0.05, 0) is 32.1 Å². The normalized spacial score (nSPS) is 31.6. The van der Waals surface area contributed by atoms with Gasteiger partial charge in [-0.3, -0.25) is 4.79 Å². The topological polar surface area (TPSA) is 41.6 Å². The summed E-state index contributed by atoms with van der Waals surface area (Å²) in [5.41, 5.74) is 0. The van der Waals surface area contributed by atoms with Gasteiger partial charge in [0, 0.05) is 32.3 Å². The summed E-state index contributed by atoms with van der Waals surface area (Å²) in [6, 6.07) is 1.64. The number of ether oxygens (including phenoxy) is 1. The number of carbonyl (C=O) groups is 1. The van der Waals surface area contributed by atoms with E-state index in [1.807, 2.05) is 18.9 Å². The number of fused-ring (bicyclic) bond motifs is 2. The van der Waals surface area contributed by atoms with Gasteiger partial charge in [0.05, 0.1) is 0 Å². The van der Waals surface area contributed by atoms with Gasteiger partial charge in [0.15, 0.2) is 0 Å². The lowest BCUT2D eigenvalue weighted by atomic mass is 9.98. The van der Waals surface area contributed by atoms with Gasteiger partial charge >= 0.3 is 0 Å². The van der Waals surface area contributed by atoms with Crippen LogP contribution in [0.15, 0.2) is 0 Å². The van der Waals surface area contributed by atoms with Crippen molar-refractivity contribution in [2.45, 2.75) is 63.3 Å². The zero-order chi connectivity index (χ0) is 12.4. The number of carbonyl (C=O) groups excluding carboxylic acids is 1. The smallest absolute Gasteiger partial charge is 0.251 e. The summed E-state index contributed by atoms with van der Waals surface area (Å²) in [4.78, 5) is 14.1. The molecule has 5 heteroatoms. The van der Waals surface area contributed by atoms with Crippen molar-refractivity contribution in [3.05, 3.63) is 0 Å². The van der Waals surface area contributed by atoms with Crippen molar-refractivity contribution < 1.29 is 9.53 Å². The molecule has 18 heavy (non-hydrogen) atoms. The number of halogens is 1. The van der Waals surface area contributed by atoms with E-state index in [0.717, 1.165) is 19.3 Å². The molecule has 1 N–H and O–H groups in total. The molecule has 0 aliphatic carbocycles. The Labute approximate surface area is 116 Å². The maximum absolute atomic E-state index is 12.2. The van der Waals surface area contributed by atoms with Gasteiger partial charge < -0.3 is 15.0 Å². The Kier molecular flexibility index (Phi) is 5.89. The van der Waals surface area contributed by atoms with Crippen LogP contribution in [0.3, 0.4) is 0 Å². The second-order valence-electron chi connectivity index (χ2n) is 5.34. The van der Waals surface area contributed by atoms with Gasteiger partial charge in [0.2, 0.25) is 0 Å². The molecule has 1 amide bonds. The first-order valence-corrected chi connectivity index (χ1v) is 6.71. The first-order chi connectivity index (χ1) is 8.15. The Morgan fingerprint density at radius 1 is 1.39 bits per heavy atom. The van der Waals surface area contributed by atoms with Crippen molar-refractivity contribution in [2.75, 3.05) is 14.2 Å². The average Bonchev–Trinajstić information content (AvgIpc) is 2.68. The van der Waals surface area contributed by atoms with Crippen LogP contribution in [-0.4, -0.2) is 49.2 Å². The fourth-order valence-electron chi connectivity index (χ4n) is 3.19. The summed E-state index contributed by atoms with van der Waals surface area (Å²) < 4.78 is 5.24. The van der Waals surface area contributed by atoms with Gasteiger partial charge in [-0.1, -0.05) is 6.92 Å². The van der Waals surface area contributed by atoms with E-state index < -0.39 is 0 Å². The van der Waals surface area contributed by atoms with Crippen molar-refractivity contribution in [3.63, 3.8) is 0 Å². The highest BCUT2D eigenvalue weighted by molar-refractivity contribution is 5.85. The number of likely N-dealkylation sites (N-methyl/N-ethyl adjacent to an activating group) is 1. The maximum Gasteiger partial charge on any atom is 0.251 e. The van der Waals surface area contributed by atoms with E-state index in [1.54, 1.807) is 7.11 Å². The molecule has 2 saturated heterocycles. The van der Waals surface area contributed by atoms with Gasteiger partial charge in [0.25, 0.3) is 5.91 Å². The minimum Gasteiger partial charge on any atom is -0.372 e. The molecule has 0 aromatic heterocycles. The van der Waals surface area contributed by atoms with E-state index in [9.17, 15) is 4.79 Å². The SMILES string of the molecule is CCC(OC)C(=O)N(C)C1CC2CCC(C1)N2.Cl. The summed E-state index contributed by atoms with van der Waals surface area (Å²) in [6.07, 6.45) is 5.21. The van der Waals surface area contributed by atoms with Gasteiger partial charge in [-0.25, -0.2) is 0 Å². The first kappa shape index (κ1) is 15.7. The third kappa shape index (κ3) is 3.16. The van der Waals surface area contributed by atoms with Crippen molar-refractivity contribution in [1.29, 1.82) is 0 Å². The third-order valence-electron chi connectivity index (χ3n) is 4.27. The lowest BCUT2D eigenvalue weighted by molar-refractivity contribution is -0.143. The summed E-state index contributed by atoms with van der Waals surface area (Å²) in [7, 11) is 3.55. The highest BCUT2D eigenvalue weighted by Crippen LogP contribution is 2.29. The first-order valence-electron chi connectivity index (χ1n) is 6.71. The van der Waals surface area contributed by atoms with Crippen molar-refractivity contribution in [2.24, 2.45) is 0 Å². The number of amides is 1. The second-order valence-corrected chi connectivity index (χ2v) is 5.34.